The lowest BCUT2D eigenvalue weighted by Crippen LogP contribution is -2.44. The quantitative estimate of drug-likeness (QED) is 0.923. The minimum absolute atomic E-state index is 0.108. The zero-order chi connectivity index (χ0) is 16.3. The van der Waals surface area contributed by atoms with Crippen LogP contribution in [0.3, 0.4) is 0 Å². The van der Waals surface area contributed by atoms with Gasteiger partial charge in [-0.15, -0.1) is 0 Å². The van der Waals surface area contributed by atoms with Gasteiger partial charge < -0.3 is 15.1 Å². The van der Waals surface area contributed by atoms with E-state index in [2.05, 4.69) is 10.2 Å². The van der Waals surface area contributed by atoms with Gasteiger partial charge in [0.1, 0.15) is 6.04 Å². The van der Waals surface area contributed by atoms with Gasteiger partial charge in [-0.3, -0.25) is 9.59 Å². The van der Waals surface area contributed by atoms with Crippen LogP contribution in [0.15, 0.2) is 18.2 Å². The molecule has 5 heteroatoms. The summed E-state index contributed by atoms with van der Waals surface area (Å²) < 4.78 is 0. The van der Waals surface area contributed by atoms with E-state index in [0.29, 0.717) is 5.56 Å². The van der Waals surface area contributed by atoms with Crippen molar-refractivity contribution in [1.29, 1.82) is 0 Å². The fourth-order valence-electron chi connectivity index (χ4n) is 2.79. The lowest BCUT2D eigenvalue weighted by atomic mass is 10.1. The molecule has 1 heterocycles. The molecule has 2 amide bonds. The number of amides is 2. The molecule has 1 atom stereocenters. The molecule has 0 aliphatic carbocycles. The SMILES string of the molecule is Cc1ccc(N2CCCC2)c(C(=O)NC(C)C(=O)N(C)C)c1. The Balaban J connectivity index is 2.21. The van der Waals surface area contributed by atoms with Crippen LogP contribution < -0.4 is 10.2 Å². The Morgan fingerprint density at radius 1 is 1.23 bits per heavy atom. The fourth-order valence-corrected chi connectivity index (χ4v) is 2.79. The molecule has 1 aliphatic rings. The largest absolute Gasteiger partial charge is 0.371 e. The molecule has 0 bridgehead atoms. The van der Waals surface area contributed by atoms with E-state index in [1.165, 1.54) is 4.90 Å². The fraction of sp³-hybridized carbons (Fsp3) is 0.529. The number of hydrogen-bond donors (Lipinski definition) is 1. The Bertz CT molecular complexity index is 563. The Morgan fingerprint density at radius 3 is 2.45 bits per heavy atom. The summed E-state index contributed by atoms with van der Waals surface area (Å²) in [5.41, 5.74) is 2.66. The number of carbonyl (C=O) groups is 2. The Morgan fingerprint density at radius 2 is 1.86 bits per heavy atom. The highest BCUT2D eigenvalue weighted by Gasteiger charge is 2.23. The van der Waals surface area contributed by atoms with E-state index < -0.39 is 6.04 Å². The van der Waals surface area contributed by atoms with Crippen LogP contribution in [0.5, 0.6) is 0 Å². The van der Waals surface area contributed by atoms with E-state index in [4.69, 9.17) is 0 Å². The third-order valence-corrected chi connectivity index (χ3v) is 4.00. The molecule has 120 valence electrons. The highest BCUT2D eigenvalue weighted by atomic mass is 16.2. The molecule has 0 radical (unpaired) electrons. The van der Waals surface area contributed by atoms with Crippen molar-refractivity contribution in [3.8, 4) is 0 Å². The molecule has 22 heavy (non-hydrogen) atoms. The average Bonchev–Trinajstić information content (AvgIpc) is 3.00. The van der Waals surface area contributed by atoms with Crippen molar-refractivity contribution in [2.24, 2.45) is 0 Å². The highest BCUT2D eigenvalue weighted by molar-refractivity contribution is 6.02. The summed E-state index contributed by atoms with van der Waals surface area (Å²) in [4.78, 5) is 28.3. The van der Waals surface area contributed by atoms with Crippen molar-refractivity contribution in [3.63, 3.8) is 0 Å². The molecule has 1 N–H and O–H groups in total. The summed E-state index contributed by atoms with van der Waals surface area (Å²) >= 11 is 0. The Labute approximate surface area is 132 Å². The van der Waals surface area contributed by atoms with Gasteiger partial charge in [-0.1, -0.05) is 11.6 Å². The van der Waals surface area contributed by atoms with Crippen LogP contribution in [0.1, 0.15) is 35.7 Å². The maximum absolute atomic E-state index is 12.6. The molecule has 2 rings (SSSR count). The molecule has 5 nitrogen and oxygen atoms in total. The number of likely N-dealkylation sites (N-methyl/N-ethyl adjacent to an activating group) is 1. The monoisotopic (exact) mass is 303 g/mol. The van der Waals surface area contributed by atoms with E-state index in [0.717, 1.165) is 37.2 Å². The molecular weight excluding hydrogens is 278 g/mol. The molecule has 1 saturated heterocycles. The zero-order valence-corrected chi connectivity index (χ0v) is 13.8. The number of benzene rings is 1. The first-order chi connectivity index (χ1) is 10.4. The molecular formula is C17H25N3O2. The van der Waals surface area contributed by atoms with Crippen molar-refractivity contribution in [1.82, 2.24) is 10.2 Å². The van der Waals surface area contributed by atoms with Gasteiger partial charge in [-0.2, -0.15) is 0 Å². The van der Waals surface area contributed by atoms with Gasteiger partial charge >= 0.3 is 0 Å². The predicted octanol–water partition coefficient (Wildman–Crippen LogP) is 1.80. The number of nitrogens with zero attached hydrogens (tertiary/aromatic N) is 2. The lowest BCUT2D eigenvalue weighted by molar-refractivity contribution is -0.130. The van der Waals surface area contributed by atoms with E-state index in [9.17, 15) is 9.59 Å². The van der Waals surface area contributed by atoms with Crippen LogP contribution >= 0.6 is 0 Å². The third-order valence-electron chi connectivity index (χ3n) is 4.00. The van der Waals surface area contributed by atoms with Gasteiger partial charge in [0, 0.05) is 32.9 Å². The van der Waals surface area contributed by atoms with E-state index in [1.807, 2.05) is 25.1 Å². The Kier molecular flexibility index (Phi) is 5.06. The number of aryl methyl sites for hydroxylation is 1. The number of hydrogen-bond acceptors (Lipinski definition) is 3. The van der Waals surface area contributed by atoms with Crippen molar-refractivity contribution in [2.75, 3.05) is 32.1 Å². The van der Waals surface area contributed by atoms with Gasteiger partial charge in [-0.25, -0.2) is 0 Å². The lowest BCUT2D eigenvalue weighted by Gasteiger charge is -2.23. The van der Waals surface area contributed by atoms with Crippen LogP contribution in [-0.4, -0.2) is 49.9 Å². The van der Waals surface area contributed by atoms with Crippen molar-refractivity contribution < 1.29 is 9.59 Å². The van der Waals surface area contributed by atoms with Gasteiger partial charge in [0.05, 0.1) is 5.56 Å². The molecule has 0 spiro atoms. The summed E-state index contributed by atoms with van der Waals surface area (Å²) in [5.74, 6) is -0.294. The standard InChI is InChI=1S/C17H25N3O2/c1-12-7-8-15(20-9-5-6-10-20)14(11-12)16(21)18-13(2)17(22)19(3)4/h7-8,11,13H,5-6,9-10H2,1-4H3,(H,18,21). The van der Waals surface area contributed by atoms with Crippen molar-refractivity contribution >= 4 is 17.5 Å². The van der Waals surface area contributed by atoms with Crippen LogP contribution in [0.2, 0.25) is 0 Å². The molecule has 1 aromatic carbocycles. The topological polar surface area (TPSA) is 52.7 Å². The summed E-state index contributed by atoms with van der Waals surface area (Å²) in [7, 11) is 3.38. The summed E-state index contributed by atoms with van der Waals surface area (Å²) in [6.07, 6.45) is 2.31. The second kappa shape index (κ2) is 6.81. The predicted molar refractivity (Wildman–Crippen MR) is 88.2 cm³/mol. The minimum atomic E-state index is -0.533. The minimum Gasteiger partial charge on any atom is -0.371 e. The molecule has 0 saturated carbocycles. The number of anilines is 1. The van der Waals surface area contributed by atoms with Crippen LogP contribution in [-0.2, 0) is 4.79 Å². The van der Waals surface area contributed by atoms with Crippen molar-refractivity contribution in [3.05, 3.63) is 29.3 Å². The summed E-state index contributed by atoms with van der Waals surface area (Å²) in [6, 6.07) is 5.40. The normalized spacial score (nSPS) is 15.5. The first-order valence-electron chi connectivity index (χ1n) is 7.78. The van der Waals surface area contributed by atoms with Gasteiger partial charge in [0.2, 0.25) is 5.91 Å². The summed E-state index contributed by atoms with van der Waals surface area (Å²) in [6.45, 7) is 5.65. The van der Waals surface area contributed by atoms with Gasteiger partial charge in [-0.05, 0) is 38.8 Å². The van der Waals surface area contributed by atoms with E-state index >= 15 is 0 Å². The number of carbonyl (C=O) groups excluding carboxylic acids is 2. The molecule has 1 unspecified atom stereocenters. The molecule has 1 fully saturated rings. The third kappa shape index (κ3) is 3.59. The maximum Gasteiger partial charge on any atom is 0.254 e. The number of nitrogens with one attached hydrogen (secondary N) is 1. The van der Waals surface area contributed by atoms with Crippen LogP contribution in [0, 0.1) is 6.92 Å². The van der Waals surface area contributed by atoms with E-state index in [1.54, 1.807) is 21.0 Å². The van der Waals surface area contributed by atoms with Crippen LogP contribution in [0.25, 0.3) is 0 Å². The van der Waals surface area contributed by atoms with Gasteiger partial charge in [0.15, 0.2) is 0 Å². The zero-order valence-electron chi connectivity index (χ0n) is 13.8. The van der Waals surface area contributed by atoms with Crippen LogP contribution in [0.4, 0.5) is 5.69 Å². The first kappa shape index (κ1) is 16.3. The second-order valence-electron chi connectivity index (χ2n) is 6.14. The molecule has 1 aromatic rings. The second-order valence-corrected chi connectivity index (χ2v) is 6.14. The first-order valence-corrected chi connectivity index (χ1v) is 7.78. The number of rotatable bonds is 4. The Hall–Kier alpha value is -2.04. The molecule has 0 aromatic heterocycles. The van der Waals surface area contributed by atoms with Gasteiger partial charge in [0.25, 0.3) is 5.91 Å². The maximum atomic E-state index is 12.6. The van der Waals surface area contributed by atoms with Crippen molar-refractivity contribution in [2.45, 2.75) is 32.7 Å². The smallest absolute Gasteiger partial charge is 0.254 e. The van der Waals surface area contributed by atoms with E-state index in [-0.39, 0.29) is 11.8 Å². The summed E-state index contributed by atoms with van der Waals surface area (Å²) in [5, 5.41) is 2.81. The average molecular weight is 303 g/mol. The highest BCUT2D eigenvalue weighted by Crippen LogP contribution is 2.25. The molecule has 1 aliphatic heterocycles.